The van der Waals surface area contributed by atoms with E-state index in [1.165, 1.54) is 4.88 Å². The molecule has 2 aromatic heterocycles. The third-order valence-corrected chi connectivity index (χ3v) is 4.75. The number of nitrogens with zero attached hydrogens (tertiary/aromatic N) is 1. The Kier molecular flexibility index (Phi) is 4.79. The van der Waals surface area contributed by atoms with Gasteiger partial charge in [-0.25, -0.2) is 0 Å². The monoisotopic (exact) mass is 328 g/mol. The van der Waals surface area contributed by atoms with E-state index in [1.807, 2.05) is 41.0 Å². The summed E-state index contributed by atoms with van der Waals surface area (Å²) in [6.45, 7) is 3.87. The van der Waals surface area contributed by atoms with E-state index >= 15 is 0 Å². The number of aryl methyl sites for hydroxylation is 1. The Labute approximate surface area is 139 Å². The van der Waals surface area contributed by atoms with Gasteiger partial charge in [0.05, 0.1) is 16.8 Å². The highest BCUT2D eigenvalue weighted by Gasteiger charge is 2.17. The molecule has 0 saturated heterocycles. The first-order valence-corrected chi connectivity index (χ1v) is 8.41. The molecule has 1 aromatic carbocycles. The van der Waals surface area contributed by atoms with Gasteiger partial charge in [0.25, 0.3) is 5.91 Å². The Morgan fingerprint density at radius 2 is 2.04 bits per heavy atom. The Morgan fingerprint density at radius 1 is 1.26 bits per heavy atom. The summed E-state index contributed by atoms with van der Waals surface area (Å²) in [5.74, 6) is -0.0500. The van der Waals surface area contributed by atoms with E-state index in [2.05, 4.69) is 18.3 Å². The first-order chi connectivity index (χ1) is 11.2. The summed E-state index contributed by atoms with van der Waals surface area (Å²) in [5, 5.41) is 3.00. The lowest BCUT2D eigenvalue weighted by atomic mass is 10.2. The van der Waals surface area contributed by atoms with Gasteiger partial charge in [-0.3, -0.25) is 4.79 Å². The highest BCUT2D eigenvalue weighted by Crippen LogP contribution is 2.28. The first kappa shape index (κ1) is 15.8. The molecule has 0 atom stereocenters. The molecule has 2 heterocycles. The zero-order valence-electron chi connectivity index (χ0n) is 13.3. The second kappa shape index (κ2) is 6.98. The maximum absolute atomic E-state index is 12.6. The maximum atomic E-state index is 12.6. The molecule has 0 fully saturated rings. The summed E-state index contributed by atoms with van der Waals surface area (Å²) < 4.78 is 8.37. The van der Waals surface area contributed by atoms with Gasteiger partial charge in [0.15, 0.2) is 0 Å². The number of rotatable bonds is 6. The number of amides is 1. The summed E-state index contributed by atoms with van der Waals surface area (Å²) in [5.41, 5.74) is 2.89. The lowest BCUT2D eigenvalue weighted by Crippen LogP contribution is -2.26. The quantitative estimate of drug-likeness (QED) is 0.751. The minimum absolute atomic E-state index is 0.0500. The van der Waals surface area contributed by atoms with Crippen LogP contribution < -0.4 is 5.32 Å². The second-order valence-electron chi connectivity index (χ2n) is 5.45. The topological polar surface area (TPSA) is 43.3 Å². The van der Waals surface area contributed by atoms with E-state index < -0.39 is 0 Å². The van der Waals surface area contributed by atoms with Crippen molar-refractivity contribution in [1.82, 2.24) is 9.88 Å². The molecule has 0 unspecified atom stereocenters. The van der Waals surface area contributed by atoms with Crippen molar-refractivity contribution in [1.29, 1.82) is 0 Å². The van der Waals surface area contributed by atoms with Crippen LogP contribution in [0.25, 0.3) is 10.2 Å². The summed E-state index contributed by atoms with van der Waals surface area (Å²) >= 11 is 1.71. The van der Waals surface area contributed by atoms with Gasteiger partial charge in [-0.1, -0.05) is 30.3 Å². The van der Waals surface area contributed by atoms with Gasteiger partial charge in [-0.2, -0.15) is 0 Å². The van der Waals surface area contributed by atoms with E-state index in [1.54, 1.807) is 18.4 Å². The van der Waals surface area contributed by atoms with Gasteiger partial charge in [-0.05, 0) is 24.6 Å². The average Bonchev–Trinajstić information content (AvgIpc) is 3.08. The molecule has 0 radical (unpaired) electrons. The molecule has 3 rings (SSSR count). The van der Waals surface area contributed by atoms with Gasteiger partial charge >= 0.3 is 0 Å². The average molecular weight is 328 g/mol. The molecule has 0 saturated carbocycles. The molecular weight excluding hydrogens is 308 g/mol. The lowest BCUT2D eigenvalue weighted by Gasteiger charge is -2.10. The fourth-order valence-corrected chi connectivity index (χ4v) is 3.61. The number of thiophene rings is 1. The number of hydrogen-bond acceptors (Lipinski definition) is 3. The number of fused-ring (bicyclic) bond motifs is 1. The van der Waals surface area contributed by atoms with E-state index in [-0.39, 0.29) is 5.91 Å². The van der Waals surface area contributed by atoms with E-state index in [0.717, 1.165) is 15.8 Å². The maximum Gasteiger partial charge on any atom is 0.268 e. The number of benzene rings is 1. The van der Waals surface area contributed by atoms with Crippen molar-refractivity contribution in [2.45, 2.75) is 20.0 Å². The molecule has 4 nitrogen and oxygen atoms in total. The highest BCUT2D eigenvalue weighted by molar-refractivity contribution is 7.19. The summed E-state index contributed by atoms with van der Waals surface area (Å²) in [6, 6.07) is 14.0. The van der Waals surface area contributed by atoms with Gasteiger partial charge in [-0.15, -0.1) is 11.3 Å². The number of carbonyl (C=O) groups excluding carboxylic acids is 1. The largest absolute Gasteiger partial charge is 0.383 e. The fourth-order valence-electron chi connectivity index (χ4n) is 2.65. The minimum Gasteiger partial charge on any atom is -0.383 e. The van der Waals surface area contributed by atoms with Crippen molar-refractivity contribution >= 4 is 27.5 Å². The summed E-state index contributed by atoms with van der Waals surface area (Å²) in [7, 11) is 1.68. The van der Waals surface area contributed by atoms with E-state index in [0.29, 0.717) is 25.4 Å². The number of ether oxygens (including phenoxy) is 1. The standard InChI is InChI=1S/C18H20N2O2S/c1-13-10-15-17(23-13)11-16(20(15)8-9-22-2)18(21)19-12-14-6-4-3-5-7-14/h3-7,10-11H,8-9,12H2,1-2H3,(H,19,21). The SMILES string of the molecule is COCCn1c(C(=O)NCc2ccccc2)cc2sc(C)cc21. The van der Waals surface area contributed by atoms with Crippen LogP contribution in [0.4, 0.5) is 0 Å². The second-order valence-corrected chi connectivity index (χ2v) is 6.74. The van der Waals surface area contributed by atoms with Gasteiger partial charge in [0.1, 0.15) is 5.69 Å². The lowest BCUT2D eigenvalue weighted by molar-refractivity contribution is 0.0939. The van der Waals surface area contributed by atoms with Crippen molar-refractivity contribution in [2.75, 3.05) is 13.7 Å². The molecule has 0 aliphatic carbocycles. The molecule has 5 heteroatoms. The number of nitrogens with one attached hydrogen (secondary N) is 1. The van der Waals surface area contributed by atoms with Crippen LogP contribution >= 0.6 is 11.3 Å². The predicted octanol–water partition coefficient (Wildman–Crippen LogP) is 3.59. The minimum atomic E-state index is -0.0500. The van der Waals surface area contributed by atoms with Crippen LogP contribution in [0.3, 0.4) is 0 Å². The number of hydrogen-bond donors (Lipinski definition) is 1. The van der Waals surface area contributed by atoms with Crippen LogP contribution in [0.2, 0.25) is 0 Å². The van der Waals surface area contributed by atoms with Gasteiger partial charge < -0.3 is 14.6 Å². The Morgan fingerprint density at radius 3 is 2.78 bits per heavy atom. The smallest absolute Gasteiger partial charge is 0.268 e. The number of methoxy groups -OCH3 is 1. The van der Waals surface area contributed by atoms with E-state index in [9.17, 15) is 4.79 Å². The Balaban J connectivity index is 1.82. The molecule has 0 aliphatic heterocycles. The van der Waals surface area contributed by atoms with Crippen molar-refractivity contribution < 1.29 is 9.53 Å². The number of carbonyl (C=O) groups is 1. The number of aromatic nitrogens is 1. The molecule has 0 aliphatic rings. The van der Waals surface area contributed by atoms with Crippen LogP contribution in [-0.2, 0) is 17.8 Å². The van der Waals surface area contributed by atoms with Crippen LogP contribution in [0.5, 0.6) is 0 Å². The predicted molar refractivity (Wildman–Crippen MR) is 94.0 cm³/mol. The molecule has 0 bridgehead atoms. The van der Waals surface area contributed by atoms with Crippen LogP contribution in [0, 0.1) is 6.92 Å². The van der Waals surface area contributed by atoms with Crippen molar-refractivity contribution in [3.63, 3.8) is 0 Å². The third-order valence-electron chi connectivity index (χ3n) is 3.76. The Bertz CT molecular complexity index is 805. The van der Waals surface area contributed by atoms with Crippen LogP contribution in [0.1, 0.15) is 20.9 Å². The van der Waals surface area contributed by atoms with Crippen LogP contribution in [0.15, 0.2) is 42.5 Å². The van der Waals surface area contributed by atoms with Crippen molar-refractivity contribution in [3.8, 4) is 0 Å². The van der Waals surface area contributed by atoms with Crippen LogP contribution in [-0.4, -0.2) is 24.2 Å². The molecule has 23 heavy (non-hydrogen) atoms. The Hall–Kier alpha value is -2.11. The van der Waals surface area contributed by atoms with Crippen molar-refractivity contribution in [3.05, 3.63) is 58.6 Å². The summed E-state index contributed by atoms with van der Waals surface area (Å²) in [6.07, 6.45) is 0. The third kappa shape index (κ3) is 3.46. The molecule has 0 spiro atoms. The van der Waals surface area contributed by atoms with Gasteiger partial charge in [0, 0.05) is 25.1 Å². The summed E-state index contributed by atoms with van der Waals surface area (Å²) in [4.78, 5) is 13.8. The molecule has 1 amide bonds. The normalized spacial score (nSPS) is 11.0. The molecule has 120 valence electrons. The van der Waals surface area contributed by atoms with Crippen molar-refractivity contribution in [2.24, 2.45) is 0 Å². The van der Waals surface area contributed by atoms with Gasteiger partial charge in [0.2, 0.25) is 0 Å². The highest BCUT2D eigenvalue weighted by atomic mass is 32.1. The first-order valence-electron chi connectivity index (χ1n) is 7.60. The zero-order chi connectivity index (χ0) is 16.2. The zero-order valence-corrected chi connectivity index (χ0v) is 14.2. The molecule has 3 aromatic rings. The fraction of sp³-hybridized carbons (Fsp3) is 0.278. The van der Waals surface area contributed by atoms with E-state index in [4.69, 9.17) is 4.74 Å². The molecule has 1 N–H and O–H groups in total. The molecular formula is C18H20N2O2S.